The van der Waals surface area contributed by atoms with E-state index in [0.717, 1.165) is 29.6 Å². The number of carboxylic acids is 3. The number of carbonyl (C=O) groups is 5. The number of fused-ring (bicyclic) bond motifs is 1. The monoisotopic (exact) mass is 529 g/mol. The van der Waals surface area contributed by atoms with Crippen LogP contribution < -0.4 is 21.7 Å². The number of aliphatic carboxylic acids is 3. The van der Waals surface area contributed by atoms with Crippen LogP contribution in [0.3, 0.4) is 0 Å². The van der Waals surface area contributed by atoms with E-state index < -0.39 is 52.6 Å². The molecule has 0 spiro atoms. The molecule has 0 aromatic carbocycles. The molecule has 35 heavy (non-hydrogen) atoms. The molecular weight excluding hydrogens is 506 g/mol. The lowest BCUT2D eigenvalue weighted by atomic mass is 10.1. The summed E-state index contributed by atoms with van der Waals surface area (Å²) in [6.45, 7) is -0.687. The number of amides is 2. The smallest absolute Gasteiger partial charge is 0.328 e. The second-order valence-electron chi connectivity index (χ2n) is 6.90. The molecule has 17 heteroatoms. The summed E-state index contributed by atoms with van der Waals surface area (Å²) in [6, 6.07) is -2.50. The van der Waals surface area contributed by atoms with E-state index in [0.29, 0.717) is 11.5 Å². The molecule has 190 valence electrons. The number of nitrogens with zero attached hydrogens (tertiary/aromatic N) is 2. The summed E-state index contributed by atoms with van der Waals surface area (Å²) in [7, 11) is 0. The standard InChI is InChI=1S/C18H23N7O8S2/c19-9(17(32)33)1-2-11(26)25-10(16(31)20-5-13(29)30)6-35-18(34-4-3-12(27)28)14-15(22-7-21-14)23-8-24-18/h3-4,7-10H,1-2,5-6,19H2,(H,20,31)(H,21,22)(H,23,24)(H,25,26)(H,27,28)(H,29,30)(H,32,33)/b4-3-/t9-,10+,18?/m0/s1. The molecule has 9 N–H and O–H groups in total. The molecule has 3 atom stereocenters. The van der Waals surface area contributed by atoms with E-state index in [2.05, 4.69) is 30.9 Å². The number of anilines is 1. The number of hydrogen-bond donors (Lipinski definition) is 8. The van der Waals surface area contributed by atoms with Gasteiger partial charge in [0, 0.05) is 18.2 Å². The molecule has 1 aliphatic rings. The summed E-state index contributed by atoms with van der Waals surface area (Å²) in [5.41, 5.74) is 5.87. The second-order valence-corrected chi connectivity index (χ2v) is 9.47. The summed E-state index contributed by atoms with van der Waals surface area (Å²) in [5.74, 6) is -4.91. The largest absolute Gasteiger partial charge is 0.480 e. The average molecular weight is 530 g/mol. The van der Waals surface area contributed by atoms with Crippen LogP contribution in [0.4, 0.5) is 5.82 Å². The van der Waals surface area contributed by atoms with Crippen molar-refractivity contribution >= 4 is 65.4 Å². The zero-order chi connectivity index (χ0) is 26.0. The average Bonchev–Trinajstić information content (AvgIpc) is 3.28. The van der Waals surface area contributed by atoms with Crippen LogP contribution in [0, 0.1) is 0 Å². The third-order valence-corrected chi connectivity index (χ3v) is 7.08. The number of hydrogen-bond acceptors (Lipinski definition) is 11. The van der Waals surface area contributed by atoms with Gasteiger partial charge < -0.3 is 42.0 Å². The molecule has 0 bridgehead atoms. The highest BCUT2D eigenvalue weighted by atomic mass is 32.2. The van der Waals surface area contributed by atoms with E-state index in [1.54, 1.807) is 0 Å². The number of H-pyrrole nitrogens is 1. The van der Waals surface area contributed by atoms with E-state index in [4.69, 9.17) is 21.1 Å². The van der Waals surface area contributed by atoms with Crippen molar-refractivity contribution in [2.45, 2.75) is 29.1 Å². The molecule has 15 nitrogen and oxygen atoms in total. The Morgan fingerprint density at radius 3 is 2.63 bits per heavy atom. The van der Waals surface area contributed by atoms with Gasteiger partial charge in [-0.2, -0.15) is 0 Å². The number of nitrogens with one attached hydrogen (secondary N) is 4. The maximum Gasteiger partial charge on any atom is 0.328 e. The molecule has 0 saturated heterocycles. The van der Waals surface area contributed by atoms with Gasteiger partial charge in [-0.15, -0.1) is 11.8 Å². The molecule has 0 fully saturated rings. The molecule has 1 aromatic heterocycles. The minimum atomic E-state index is -1.29. The Bertz CT molecular complexity index is 1030. The molecule has 2 heterocycles. The van der Waals surface area contributed by atoms with Crippen molar-refractivity contribution in [1.29, 1.82) is 0 Å². The minimum absolute atomic E-state index is 0.119. The van der Waals surface area contributed by atoms with Gasteiger partial charge in [0.2, 0.25) is 16.0 Å². The predicted molar refractivity (Wildman–Crippen MR) is 127 cm³/mol. The summed E-state index contributed by atoms with van der Waals surface area (Å²) in [4.78, 5) is 69.0. The van der Waals surface area contributed by atoms with Crippen molar-refractivity contribution in [3.05, 3.63) is 23.5 Å². The molecule has 1 aliphatic heterocycles. The van der Waals surface area contributed by atoms with Gasteiger partial charge in [0.25, 0.3) is 0 Å². The fourth-order valence-corrected chi connectivity index (χ4v) is 5.10. The van der Waals surface area contributed by atoms with E-state index in [1.807, 2.05) is 0 Å². The highest BCUT2D eigenvalue weighted by Crippen LogP contribution is 2.51. The topological polar surface area (TPSA) is 249 Å². The van der Waals surface area contributed by atoms with Crippen LogP contribution in [0.1, 0.15) is 18.5 Å². The van der Waals surface area contributed by atoms with Crippen molar-refractivity contribution in [3.8, 4) is 0 Å². The SMILES string of the molecule is N[C@@H](CCC(=O)N[C@H](CSC1(S/C=C\C(=O)O)N=CNc2nc[nH]c21)C(=O)NCC(=O)O)C(=O)O. The Labute approximate surface area is 206 Å². The Morgan fingerprint density at radius 1 is 1.23 bits per heavy atom. The van der Waals surface area contributed by atoms with Crippen molar-refractivity contribution in [1.82, 2.24) is 20.6 Å². The van der Waals surface area contributed by atoms with Crippen molar-refractivity contribution in [3.63, 3.8) is 0 Å². The van der Waals surface area contributed by atoms with Gasteiger partial charge >= 0.3 is 17.9 Å². The third-order valence-electron chi connectivity index (χ3n) is 4.34. The first-order chi connectivity index (χ1) is 16.5. The van der Waals surface area contributed by atoms with E-state index in [9.17, 15) is 24.0 Å². The first-order valence-electron chi connectivity index (χ1n) is 9.86. The van der Waals surface area contributed by atoms with E-state index in [1.165, 1.54) is 18.1 Å². The molecule has 0 aliphatic carbocycles. The van der Waals surface area contributed by atoms with E-state index in [-0.39, 0.29) is 18.6 Å². The predicted octanol–water partition coefficient (Wildman–Crippen LogP) is -1.08. The normalized spacial score (nSPS) is 18.2. The Kier molecular flexibility index (Phi) is 10.1. The molecular formula is C18H23N7O8S2. The lowest BCUT2D eigenvalue weighted by Crippen LogP contribution is -2.50. The first-order valence-corrected chi connectivity index (χ1v) is 11.7. The van der Waals surface area contributed by atoms with Crippen LogP contribution in [0.15, 0.2) is 22.8 Å². The first kappa shape index (κ1) is 27.7. The minimum Gasteiger partial charge on any atom is -0.480 e. The number of nitrogens with two attached hydrogens (primary N) is 1. The zero-order valence-corrected chi connectivity index (χ0v) is 19.6. The third kappa shape index (κ3) is 8.30. The molecule has 2 amide bonds. The summed E-state index contributed by atoms with van der Waals surface area (Å²) >= 11 is 2.05. The zero-order valence-electron chi connectivity index (χ0n) is 18.0. The van der Waals surface area contributed by atoms with Crippen LogP contribution in [0.25, 0.3) is 0 Å². The number of thioether (sulfide) groups is 2. The van der Waals surface area contributed by atoms with Gasteiger partial charge in [-0.05, 0) is 11.8 Å². The van der Waals surface area contributed by atoms with Crippen molar-refractivity contribution < 1.29 is 39.3 Å². The van der Waals surface area contributed by atoms with Crippen LogP contribution >= 0.6 is 23.5 Å². The van der Waals surface area contributed by atoms with Gasteiger partial charge in [0.15, 0.2) is 5.82 Å². The van der Waals surface area contributed by atoms with Gasteiger partial charge in [-0.25, -0.2) is 14.8 Å². The van der Waals surface area contributed by atoms with Gasteiger partial charge in [-0.1, -0.05) is 11.8 Å². The highest BCUT2D eigenvalue weighted by molar-refractivity contribution is 8.18. The highest BCUT2D eigenvalue weighted by Gasteiger charge is 2.40. The number of aromatic amines is 1. The Morgan fingerprint density at radius 2 is 1.97 bits per heavy atom. The fraction of sp³-hybridized carbons (Fsp3) is 0.389. The molecule has 1 unspecified atom stereocenters. The van der Waals surface area contributed by atoms with Crippen molar-refractivity contribution in [2.24, 2.45) is 10.7 Å². The summed E-state index contributed by atoms with van der Waals surface area (Å²) in [5, 5.41) is 35.4. The number of aliphatic imine (C=N–C) groups is 1. The van der Waals surface area contributed by atoms with Crippen molar-refractivity contribution in [2.75, 3.05) is 17.6 Å². The van der Waals surface area contributed by atoms with Gasteiger partial charge in [0.05, 0.1) is 12.7 Å². The molecule has 0 saturated carbocycles. The number of imidazole rings is 1. The Hall–Kier alpha value is -3.57. The lowest BCUT2D eigenvalue weighted by molar-refractivity contribution is -0.139. The number of carbonyl (C=O) groups excluding carboxylic acids is 2. The van der Waals surface area contributed by atoms with Gasteiger partial charge in [-0.3, -0.25) is 19.2 Å². The molecule has 0 radical (unpaired) electrons. The number of carboxylic acid groups (broad SMARTS) is 3. The van der Waals surface area contributed by atoms with Crippen LogP contribution in [-0.4, -0.2) is 85.7 Å². The Balaban J connectivity index is 2.21. The number of rotatable bonds is 14. The van der Waals surface area contributed by atoms with Crippen LogP contribution in [0.5, 0.6) is 0 Å². The van der Waals surface area contributed by atoms with Crippen LogP contribution in [0.2, 0.25) is 0 Å². The maximum atomic E-state index is 12.6. The molecule has 1 aromatic rings. The second kappa shape index (κ2) is 12.8. The van der Waals surface area contributed by atoms with Gasteiger partial charge in [0.1, 0.15) is 24.3 Å². The maximum absolute atomic E-state index is 12.6. The number of aromatic nitrogens is 2. The summed E-state index contributed by atoms with van der Waals surface area (Å²) in [6.07, 6.45) is 3.20. The lowest BCUT2D eigenvalue weighted by Gasteiger charge is -2.31. The van der Waals surface area contributed by atoms with E-state index >= 15 is 0 Å². The molecule has 2 rings (SSSR count). The van der Waals surface area contributed by atoms with Crippen LogP contribution in [-0.2, 0) is 28.2 Å². The quantitative estimate of drug-likeness (QED) is 0.106. The fourth-order valence-electron chi connectivity index (χ4n) is 2.65. The summed E-state index contributed by atoms with van der Waals surface area (Å²) < 4.78 is -1.22.